The van der Waals surface area contributed by atoms with Gasteiger partial charge in [-0.1, -0.05) is 12.1 Å². The van der Waals surface area contributed by atoms with E-state index in [-0.39, 0.29) is 11.6 Å². The van der Waals surface area contributed by atoms with E-state index in [0.717, 1.165) is 18.5 Å². The van der Waals surface area contributed by atoms with Crippen LogP contribution in [0.1, 0.15) is 24.0 Å². The normalized spacial score (nSPS) is 21.1. The second kappa shape index (κ2) is 2.29. The first-order chi connectivity index (χ1) is 6.71. The third kappa shape index (κ3) is 0.895. The lowest BCUT2D eigenvalue weighted by molar-refractivity contribution is 0.246. The molecule has 2 N–H and O–H groups in total. The first-order valence-corrected chi connectivity index (χ1v) is 4.91. The summed E-state index contributed by atoms with van der Waals surface area (Å²) in [7, 11) is 0. The van der Waals surface area contributed by atoms with Crippen LogP contribution < -0.4 is 10.6 Å². The molecule has 3 heteroatoms. The molecule has 1 aliphatic carbocycles. The molecule has 1 heterocycles. The molecule has 1 aromatic rings. The lowest BCUT2D eigenvalue weighted by Crippen LogP contribution is -2.43. The van der Waals surface area contributed by atoms with E-state index in [4.69, 9.17) is 0 Å². The summed E-state index contributed by atoms with van der Waals surface area (Å²) in [4.78, 5) is 11.4. The average Bonchev–Trinajstić information content (AvgIpc) is 2.84. The van der Waals surface area contributed by atoms with E-state index < -0.39 is 0 Å². The van der Waals surface area contributed by atoms with Crippen LogP contribution in [0.3, 0.4) is 0 Å². The zero-order valence-electron chi connectivity index (χ0n) is 8.05. The number of amides is 2. The number of urea groups is 1. The Balaban J connectivity index is 2.23. The highest BCUT2D eigenvalue weighted by atomic mass is 16.2. The van der Waals surface area contributed by atoms with Gasteiger partial charge in [-0.2, -0.15) is 0 Å². The quantitative estimate of drug-likeness (QED) is 0.643. The Hall–Kier alpha value is -1.51. The molecule has 1 fully saturated rings. The second-order valence-electron chi connectivity index (χ2n) is 4.16. The summed E-state index contributed by atoms with van der Waals surface area (Å²) in [6.07, 6.45) is 2.14. The lowest BCUT2D eigenvalue weighted by atomic mass is 9.95. The summed E-state index contributed by atoms with van der Waals surface area (Å²) >= 11 is 0. The fourth-order valence-electron chi connectivity index (χ4n) is 2.34. The van der Waals surface area contributed by atoms with Gasteiger partial charge in [-0.25, -0.2) is 4.79 Å². The molecule has 0 radical (unpaired) electrons. The van der Waals surface area contributed by atoms with Crippen molar-refractivity contribution in [1.82, 2.24) is 5.32 Å². The number of carbonyl (C=O) groups is 1. The van der Waals surface area contributed by atoms with Crippen molar-refractivity contribution in [3.05, 3.63) is 29.3 Å². The molecule has 0 unspecified atom stereocenters. The molecular weight excluding hydrogens is 176 g/mol. The topological polar surface area (TPSA) is 41.1 Å². The lowest BCUT2D eigenvalue weighted by Gasteiger charge is -2.28. The zero-order chi connectivity index (χ0) is 9.76. The van der Waals surface area contributed by atoms with Crippen LogP contribution in [0.5, 0.6) is 0 Å². The third-order valence-corrected chi connectivity index (χ3v) is 3.10. The van der Waals surface area contributed by atoms with Gasteiger partial charge < -0.3 is 10.6 Å². The number of benzene rings is 1. The number of anilines is 1. The van der Waals surface area contributed by atoms with Gasteiger partial charge in [0.2, 0.25) is 0 Å². The monoisotopic (exact) mass is 188 g/mol. The van der Waals surface area contributed by atoms with Gasteiger partial charge >= 0.3 is 6.03 Å². The molecule has 3 rings (SSSR count). The molecule has 1 spiro atoms. The predicted octanol–water partition coefficient (Wildman–Crippen LogP) is 2.12. The van der Waals surface area contributed by atoms with Crippen molar-refractivity contribution in [1.29, 1.82) is 0 Å². The Labute approximate surface area is 82.5 Å². The Kier molecular flexibility index (Phi) is 1.29. The molecule has 1 aliphatic heterocycles. The summed E-state index contributed by atoms with van der Waals surface area (Å²) in [5.74, 6) is 0. The van der Waals surface area contributed by atoms with Crippen molar-refractivity contribution in [3.8, 4) is 0 Å². The minimum atomic E-state index is -0.0689. The first kappa shape index (κ1) is 7.85. The number of aryl methyl sites for hydroxylation is 1. The van der Waals surface area contributed by atoms with Gasteiger partial charge in [-0.3, -0.25) is 0 Å². The number of nitrogens with one attached hydrogen (secondary N) is 2. The van der Waals surface area contributed by atoms with Crippen LogP contribution in [0.15, 0.2) is 18.2 Å². The molecule has 0 atom stereocenters. The van der Waals surface area contributed by atoms with Crippen molar-refractivity contribution < 1.29 is 4.79 Å². The fraction of sp³-hybridized carbons (Fsp3) is 0.364. The maximum absolute atomic E-state index is 11.4. The largest absolute Gasteiger partial charge is 0.328 e. The van der Waals surface area contributed by atoms with Crippen LogP contribution in [0.25, 0.3) is 0 Å². The van der Waals surface area contributed by atoms with Crippen molar-refractivity contribution >= 4 is 11.7 Å². The number of carbonyl (C=O) groups excluding carboxylic acids is 1. The van der Waals surface area contributed by atoms with Crippen LogP contribution in [0, 0.1) is 6.92 Å². The molecule has 0 bridgehead atoms. The maximum Gasteiger partial charge on any atom is 0.319 e. The van der Waals surface area contributed by atoms with Crippen LogP contribution in [0.4, 0.5) is 10.5 Å². The molecule has 72 valence electrons. The third-order valence-electron chi connectivity index (χ3n) is 3.10. The summed E-state index contributed by atoms with van der Waals surface area (Å²) in [6.45, 7) is 2.10. The van der Waals surface area contributed by atoms with Crippen LogP contribution >= 0.6 is 0 Å². The van der Waals surface area contributed by atoms with Gasteiger partial charge in [0, 0.05) is 11.3 Å². The van der Waals surface area contributed by atoms with Gasteiger partial charge in [0.25, 0.3) is 0 Å². The Morgan fingerprint density at radius 1 is 1.36 bits per heavy atom. The van der Waals surface area contributed by atoms with Gasteiger partial charge in [0.1, 0.15) is 0 Å². The summed E-state index contributed by atoms with van der Waals surface area (Å²) in [5.41, 5.74) is 3.47. The predicted molar refractivity (Wildman–Crippen MR) is 54.2 cm³/mol. The van der Waals surface area contributed by atoms with Gasteiger partial charge in [0.15, 0.2) is 0 Å². The van der Waals surface area contributed by atoms with Crippen molar-refractivity contribution in [2.75, 3.05) is 5.32 Å². The Morgan fingerprint density at radius 3 is 2.86 bits per heavy atom. The van der Waals surface area contributed by atoms with E-state index in [1.807, 2.05) is 12.1 Å². The minimum Gasteiger partial charge on any atom is -0.328 e. The molecule has 14 heavy (non-hydrogen) atoms. The summed E-state index contributed by atoms with van der Waals surface area (Å²) in [5, 5.41) is 5.86. The highest BCUT2D eigenvalue weighted by Gasteiger charge is 2.50. The maximum atomic E-state index is 11.4. The molecule has 3 nitrogen and oxygen atoms in total. The molecule has 2 aliphatic rings. The number of rotatable bonds is 0. The van der Waals surface area contributed by atoms with Crippen molar-refractivity contribution in [3.63, 3.8) is 0 Å². The molecule has 0 aromatic heterocycles. The molecule has 0 saturated heterocycles. The average molecular weight is 188 g/mol. The molecule has 1 aromatic carbocycles. The second-order valence-corrected chi connectivity index (χ2v) is 4.16. The number of fused-ring (bicyclic) bond motifs is 2. The SMILES string of the molecule is Cc1cccc2c1C1(CC1)NC(=O)N2. The van der Waals surface area contributed by atoms with E-state index in [1.54, 1.807) is 0 Å². The van der Waals surface area contributed by atoms with E-state index in [1.165, 1.54) is 11.1 Å². The van der Waals surface area contributed by atoms with E-state index in [2.05, 4.69) is 23.6 Å². The van der Waals surface area contributed by atoms with Crippen molar-refractivity contribution in [2.45, 2.75) is 25.3 Å². The smallest absolute Gasteiger partial charge is 0.319 e. The van der Waals surface area contributed by atoms with E-state index in [9.17, 15) is 4.79 Å². The summed E-state index contributed by atoms with van der Waals surface area (Å²) < 4.78 is 0. The van der Waals surface area contributed by atoms with E-state index in [0.29, 0.717) is 0 Å². The number of hydrogen-bond donors (Lipinski definition) is 2. The zero-order valence-corrected chi connectivity index (χ0v) is 8.05. The van der Waals surface area contributed by atoms with Crippen molar-refractivity contribution in [2.24, 2.45) is 0 Å². The van der Waals surface area contributed by atoms with Crippen LogP contribution in [0.2, 0.25) is 0 Å². The van der Waals surface area contributed by atoms with Gasteiger partial charge in [-0.15, -0.1) is 0 Å². The number of hydrogen-bond acceptors (Lipinski definition) is 1. The highest BCUT2D eigenvalue weighted by molar-refractivity contribution is 5.94. The molecular formula is C11H12N2O. The fourth-order valence-corrected chi connectivity index (χ4v) is 2.34. The van der Waals surface area contributed by atoms with Crippen LogP contribution in [-0.2, 0) is 5.54 Å². The summed E-state index contributed by atoms with van der Waals surface area (Å²) in [6, 6.07) is 5.98. The van der Waals surface area contributed by atoms with Gasteiger partial charge in [-0.05, 0) is 31.4 Å². The molecule has 1 saturated carbocycles. The highest BCUT2D eigenvalue weighted by Crippen LogP contribution is 2.51. The molecule has 2 amide bonds. The minimum absolute atomic E-state index is 0.0387. The van der Waals surface area contributed by atoms with Gasteiger partial charge in [0.05, 0.1) is 5.54 Å². The standard InChI is InChI=1S/C11H12N2O/c1-7-3-2-4-8-9(7)11(5-6-11)13-10(14)12-8/h2-4H,5-6H2,1H3,(H2,12,13,14). The van der Waals surface area contributed by atoms with Crippen LogP contribution in [-0.4, -0.2) is 6.03 Å². The first-order valence-electron chi connectivity index (χ1n) is 4.91. The Bertz CT molecular complexity index is 421. The Morgan fingerprint density at radius 2 is 2.14 bits per heavy atom. The van der Waals surface area contributed by atoms with E-state index >= 15 is 0 Å².